The standard InChI is InChI=1S/C56H95NO8/c1-6-8-10-12-14-16-18-20-22-24-25-26-27-28-29-31-32-34-36-38-40-42-44-46-53(58)63-50-52(51-64-56(55(60)61)62-49-48-57(3,4)5)65-54(59)47-45-43-41-39-37-35-33-30-23-21-19-17-15-13-11-9-7-2/h9,11,15,17-18,20-21,23-25,33,35,39,41,52,56H,6-8,10,12-14,16,19,22,26-32,34,36-38,40,42-51H2,1-5H3/p+1/b11-9-,17-15-,20-18-,23-21-,25-24-,35-33-,41-39-. The number of esters is 2. The number of nitrogens with zero attached hydrogens (tertiary/aromatic N) is 1. The number of quaternary nitrogens is 1. The second kappa shape index (κ2) is 47.0. The quantitative estimate of drug-likeness (QED) is 0.0211. The number of carbonyl (C=O) groups is 3. The van der Waals surface area contributed by atoms with Crippen molar-refractivity contribution in [3.05, 3.63) is 85.1 Å². The monoisotopic (exact) mass is 911 g/mol. The summed E-state index contributed by atoms with van der Waals surface area (Å²) in [5.74, 6) is -2.10. The summed E-state index contributed by atoms with van der Waals surface area (Å²) in [5.41, 5.74) is 0. The van der Waals surface area contributed by atoms with Gasteiger partial charge in [-0.2, -0.15) is 0 Å². The molecule has 1 N–H and O–H groups in total. The fourth-order valence-electron chi connectivity index (χ4n) is 6.67. The van der Waals surface area contributed by atoms with Gasteiger partial charge in [0.15, 0.2) is 6.10 Å². The van der Waals surface area contributed by atoms with Crippen molar-refractivity contribution in [1.29, 1.82) is 0 Å². The summed E-state index contributed by atoms with van der Waals surface area (Å²) < 4.78 is 22.7. The molecule has 0 fully saturated rings. The predicted octanol–water partition coefficient (Wildman–Crippen LogP) is 14.4. The lowest BCUT2D eigenvalue weighted by molar-refractivity contribution is -0.870. The van der Waals surface area contributed by atoms with Crippen LogP contribution in [0, 0.1) is 0 Å². The predicted molar refractivity (Wildman–Crippen MR) is 272 cm³/mol. The Morgan fingerprint density at radius 2 is 0.892 bits per heavy atom. The Balaban J connectivity index is 4.39. The number of allylic oxidation sites excluding steroid dienone is 14. The van der Waals surface area contributed by atoms with E-state index >= 15 is 0 Å². The zero-order valence-corrected chi connectivity index (χ0v) is 42.1. The minimum absolute atomic E-state index is 0.173. The lowest BCUT2D eigenvalue weighted by Crippen LogP contribution is -2.40. The molecule has 0 aromatic carbocycles. The second-order valence-corrected chi connectivity index (χ2v) is 18.1. The van der Waals surface area contributed by atoms with Gasteiger partial charge in [-0.1, -0.05) is 182 Å². The van der Waals surface area contributed by atoms with Crippen LogP contribution in [0.1, 0.15) is 194 Å². The fraction of sp³-hybridized carbons (Fsp3) is 0.696. The molecule has 0 aliphatic rings. The molecule has 2 unspecified atom stereocenters. The maximum Gasteiger partial charge on any atom is 0.361 e. The van der Waals surface area contributed by atoms with Crippen LogP contribution in [0.4, 0.5) is 0 Å². The van der Waals surface area contributed by atoms with E-state index in [1.54, 1.807) is 0 Å². The molecular formula is C56H96NO8+. The number of carboxylic acid groups (broad SMARTS) is 1. The Bertz CT molecular complexity index is 1340. The van der Waals surface area contributed by atoms with Crippen LogP contribution in [0.15, 0.2) is 85.1 Å². The molecule has 0 aromatic heterocycles. The minimum atomic E-state index is -1.53. The maximum absolute atomic E-state index is 12.8. The molecule has 65 heavy (non-hydrogen) atoms. The first-order valence-electron chi connectivity index (χ1n) is 25.8. The Hall–Kier alpha value is -3.53. The lowest BCUT2D eigenvalue weighted by atomic mass is 10.0. The van der Waals surface area contributed by atoms with Crippen molar-refractivity contribution in [3.8, 4) is 0 Å². The number of unbranched alkanes of at least 4 members (excludes halogenated alkanes) is 17. The van der Waals surface area contributed by atoms with E-state index in [9.17, 15) is 19.5 Å². The lowest BCUT2D eigenvalue weighted by Gasteiger charge is -2.25. The van der Waals surface area contributed by atoms with E-state index < -0.39 is 24.3 Å². The second-order valence-electron chi connectivity index (χ2n) is 18.1. The Morgan fingerprint density at radius 3 is 1.35 bits per heavy atom. The molecule has 0 bridgehead atoms. The van der Waals surface area contributed by atoms with Gasteiger partial charge in [-0.05, 0) is 83.5 Å². The van der Waals surface area contributed by atoms with Crippen molar-refractivity contribution < 1.29 is 42.9 Å². The SMILES string of the molecule is CC/C=C\C/C=C\C/C=C\C/C=C\C/C=C\CCCC(=O)OC(COC(=O)CCCCCCCCCCCCC/C=C\C/C=C\CCCCCCC)COC(OCC[N+](C)(C)C)C(=O)O. The third-order valence-corrected chi connectivity index (χ3v) is 10.6. The molecule has 0 saturated carbocycles. The molecular weight excluding hydrogens is 815 g/mol. The first-order valence-corrected chi connectivity index (χ1v) is 25.8. The van der Waals surface area contributed by atoms with Gasteiger partial charge in [0.1, 0.15) is 13.2 Å². The Morgan fingerprint density at radius 1 is 0.477 bits per heavy atom. The summed E-state index contributed by atoms with van der Waals surface area (Å²) >= 11 is 0. The smallest absolute Gasteiger partial charge is 0.361 e. The van der Waals surface area contributed by atoms with Crippen molar-refractivity contribution in [3.63, 3.8) is 0 Å². The van der Waals surface area contributed by atoms with Crippen LogP contribution in [0.2, 0.25) is 0 Å². The summed E-state index contributed by atoms with van der Waals surface area (Å²) in [6.07, 6.45) is 58.0. The van der Waals surface area contributed by atoms with E-state index in [4.69, 9.17) is 18.9 Å². The van der Waals surface area contributed by atoms with Gasteiger partial charge < -0.3 is 28.5 Å². The first-order chi connectivity index (χ1) is 31.6. The largest absolute Gasteiger partial charge is 0.477 e. The Labute approximate surface area is 398 Å². The van der Waals surface area contributed by atoms with Crippen molar-refractivity contribution in [1.82, 2.24) is 0 Å². The number of carbonyl (C=O) groups excluding carboxylic acids is 2. The third kappa shape index (κ3) is 48.2. The molecule has 0 saturated heterocycles. The number of hydrogen-bond acceptors (Lipinski definition) is 7. The molecule has 0 aromatic rings. The highest BCUT2D eigenvalue weighted by molar-refractivity contribution is 5.71. The average molecular weight is 911 g/mol. The highest BCUT2D eigenvalue weighted by Gasteiger charge is 2.25. The van der Waals surface area contributed by atoms with Crippen molar-refractivity contribution in [2.45, 2.75) is 206 Å². The molecule has 0 aliphatic heterocycles. The van der Waals surface area contributed by atoms with Crippen LogP contribution in [-0.2, 0) is 33.3 Å². The molecule has 0 heterocycles. The molecule has 372 valence electrons. The van der Waals surface area contributed by atoms with Gasteiger partial charge in [0.25, 0.3) is 6.29 Å². The molecule has 9 heteroatoms. The van der Waals surface area contributed by atoms with Crippen molar-refractivity contribution >= 4 is 17.9 Å². The molecule has 0 radical (unpaired) electrons. The molecule has 9 nitrogen and oxygen atoms in total. The van der Waals surface area contributed by atoms with E-state index in [1.165, 1.54) is 96.3 Å². The zero-order chi connectivity index (χ0) is 47.7. The topological polar surface area (TPSA) is 108 Å². The minimum Gasteiger partial charge on any atom is -0.477 e. The summed E-state index contributed by atoms with van der Waals surface area (Å²) in [5, 5.41) is 9.66. The number of ether oxygens (including phenoxy) is 4. The number of likely N-dealkylation sites (N-methyl/N-ethyl adjacent to an activating group) is 1. The highest BCUT2D eigenvalue weighted by atomic mass is 16.7. The maximum atomic E-state index is 12.8. The van der Waals surface area contributed by atoms with Crippen LogP contribution >= 0.6 is 0 Å². The highest BCUT2D eigenvalue weighted by Crippen LogP contribution is 2.14. The number of rotatable bonds is 46. The molecule has 2 atom stereocenters. The van der Waals surface area contributed by atoms with Crippen LogP contribution in [0.3, 0.4) is 0 Å². The van der Waals surface area contributed by atoms with Crippen LogP contribution < -0.4 is 0 Å². The third-order valence-electron chi connectivity index (χ3n) is 10.6. The van der Waals surface area contributed by atoms with Crippen molar-refractivity contribution in [2.75, 3.05) is 47.5 Å². The van der Waals surface area contributed by atoms with Gasteiger partial charge in [0.05, 0.1) is 34.4 Å². The zero-order valence-electron chi connectivity index (χ0n) is 42.1. The molecule has 0 aliphatic carbocycles. The van der Waals surface area contributed by atoms with Gasteiger partial charge in [-0.25, -0.2) is 4.79 Å². The molecule has 0 rings (SSSR count). The fourth-order valence-corrected chi connectivity index (χ4v) is 6.67. The van der Waals surface area contributed by atoms with Gasteiger partial charge in [0, 0.05) is 12.8 Å². The number of carboxylic acids is 1. The van der Waals surface area contributed by atoms with Gasteiger partial charge >= 0.3 is 17.9 Å². The summed E-state index contributed by atoms with van der Waals surface area (Å²) in [6.45, 7) is 4.67. The average Bonchev–Trinajstić information content (AvgIpc) is 3.27. The van der Waals surface area contributed by atoms with E-state index in [0.717, 1.165) is 64.2 Å². The van der Waals surface area contributed by atoms with Crippen LogP contribution in [-0.4, -0.2) is 87.4 Å². The van der Waals surface area contributed by atoms with E-state index in [-0.39, 0.29) is 38.6 Å². The van der Waals surface area contributed by atoms with E-state index in [1.807, 2.05) is 21.1 Å². The summed E-state index contributed by atoms with van der Waals surface area (Å²) in [6, 6.07) is 0. The van der Waals surface area contributed by atoms with Crippen LogP contribution in [0.5, 0.6) is 0 Å². The number of hydrogen-bond donors (Lipinski definition) is 1. The van der Waals surface area contributed by atoms with E-state index in [0.29, 0.717) is 17.4 Å². The first kappa shape index (κ1) is 61.5. The number of aliphatic carboxylic acids is 1. The van der Waals surface area contributed by atoms with Gasteiger partial charge in [-0.15, -0.1) is 0 Å². The normalized spacial score (nSPS) is 13.6. The molecule has 0 spiro atoms. The van der Waals surface area contributed by atoms with Crippen LogP contribution in [0.25, 0.3) is 0 Å². The van der Waals surface area contributed by atoms with Gasteiger partial charge in [0.2, 0.25) is 0 Å². The summed E-state index contributed by atoms with van der Waals surface area (Å²) in [4.78, 5) is 37.3. The van der Waals surface area contributed by atoms with Crippen molar-refractivity contribution in [2.24, 2.45) is 0 Å². The van der Waals surface area contributed by atoms with Gasteiger partial charge in [-0.3, -0.25) is 9.59 Å². The van der Waals surface area contributed by atoms with E-state index in [2.05, 4.69) is 98.9 Å². The summed E-state index contributed by atoms with van der Waals surface area (Å²) in [7, 11) is 5.93. The Kier molecular flexibility index (Phi) is 44.4. The molecule has 0 amide bonds.